The van der Waals surface area contributed by atoms with Crippen molar-refractivity contribution < 1.29 is 9.90 Å². The van der Waals surface area contributed by atoms with Gasteiger partial charge >= 0.3 is 6.03 Å². The Bertz CT molecular complexity index is 1020. The van der Waals surface area contributed by atoms with Crippen LogP contribution in [0.15, 0.2) is 84.9 Å². The van der Waals surface area contributed by atoms with Crippen LogP contribution in [-0.2, 0) is 5.60 Å². The number of aliphatic hydroxyl groups is 1. The van der Waals surface area contributed by atoms with Gasteiger partial charge in [-0.25, -0.2) is 4.79 Å². The first-order chi connectivity index (χ1) is 14.6. The van der Waals surface area contributed by atoms with E-state index in [0.29, 0.717) is 12.8 Å². The number of benzene rings is 3. The van der Waals surface area contributed by atoms with E-state index < -0.39 is 5.60 Å². The van der Waals surface area contributed by atoms with Crippen LogP contribution in [0.25, 0.3) is 11.1 Å². The molecule has 2 bridgehead atoms. The van der Waals surface area contributed by atoms with Crippen LogP contribution < -0.4 is 5.32 Å². The van der Waals surface area contributed by atoms with Crippen molar-refractivity contribution in [1.29, 1.82) is 0 Å². The lowest BCUT2D eigenvalue weighted by atomic mass is 9.80. The predicted molar refractivity (Wildman–Crippen MR) is 119 cm³/mol. The summed E-state index contributed by atoms with van der Waals surface area (Å²) in [5.74, 6) is 0. The first kappa shape index (κ1) is 18.9. The molecule has 4 nitrogen and oxygen atoms in total. The van der Waals surface area contributed by atoms with Gasteiger partial charge in [0.05, 0.1) is 11.3 Å². The second kappa shape index (κ2) is 7.62. The molecule has 30 heavy (non-hydrogen) atoms. The van der Waals surface area contributed by atoms with E-state index in [2.05, 4.69) is 17.4 Å². The Balaban J connectivity index is 1.37. The molecule has 2 atom stereocenters. The summed E-state index contributed by atoms with van der Waals surface area (Å²) in [4.78, 5) is 15.3. The highest BCUT2D eigenvalue weighted by Crippen LogP contribution is 2.46. The number of carbonyl (C=O) groups excluding carboxylic acids is 1. The number of carbonyl (C=O) groups is 1. The molecule has 2 amide bonds. The van der Waals surface area contributed by atoms with Gasteiger partial charge < -0.3 is 15.3 Å². The molecule has 3 aromatic carbocycles. The van der Waals surface area contributed by atoms with E-state index in [9.17, 15) is 9.90 Å². The molecular formula is C26H26N2O2. The van der Waals surface area contributed by atoms with Gasteiger partial charge in [-0.15, -0.1) is 0 Å². The molecule has 2 unspecified atom stereocenters. The van der Waals surface area contributed by atoms with Crippen LogP contribution in [-0.4, -0.2) is 28.1 Å². The van der Waals surface area contributed by atoms with Gasteiger partial charge in [0.25, 0.3) is 0 Å². The number of piperidine rings is 1. The third kappa shape index (κ3) is 3.37. The zero-order valence-corrected chi connectivity index (χ0v) is 16.9. The molecule has 2 aliphatic heterocycles. The number of amides is 2. The van der Waals surface area contributed by atoms with E-state index in [0.717, 1.165) is 35.2 Å². The number of urea groups is 1. The van der Waals surface area contributed by atoms with Gasteiger partial charge in [-0.05, 0) is 30.0 Å². The Hall–Kier alpha value is -3.11. The van der Waals surface area contributed by atoms with Crippen molar-refractivity contribution in [3.05, 3.63) is 90.5 Å². The number of nitrogens with one attached hydrogen (secondary N) is 1. The van der Waals surface area contributed by atoms with Gasteiger partial charge in [-0.3, -0.25) is 0 Å². The summed E-state index contributed by atoms with van der Waals surface area (Å²) >= 11 is 0. The van der Waals surface area contributed by atoms with Crippen molar-refractivity contribution in [3.8, 4) is 11.1 Å². The zero-order chi connectivity index (χ0) is 20.6. The van der Waals surface area contributed by atoms with Crippen LogP contribution in [0, 0.1) is 0 Å². The molecule has 4 heteroatoms. The second-order valence-corrected chi connectivity index (χ2v) is 8.44. The summed E-state index contributed by atoms with van der Waals surface area (Å²) in [6.07, 6.45) is 3.05. The lowest BCUT2D eigenvalue weighted by Crippen LogP contribution is -2.53. The lowest BCUT2D eigenvalue weighted by molar-refractivity contribution is -0.0422. The van der Waals surface area contributed by atoms with Crippen LogP contribution >= 0.6 is 0 Å². The van der Waals surface area contributed by atoms with Crippen molar-refractivity contribution in [2.45, 2.75) is 43.4 Å². The number of rotatable bonds is 3. The summed E-state index contributed by atoms with van der Waals surface area (Å²) in [7, 11) is 0. The Kier molecular flexibility index (Phi) is 4.80. The highest BCUT2D eigenvalue weighted by atomic mass is 16.3. The molecule has 0 aromatic heterocycles. The fraction of sp³-hybridized carbons (Fsp3) is 0.269. The van der Waals surface area contributed by atoms with E-state index in [1.807, 2.05) is 77.7 Å². The summed E-state index contributed by atoms with van der Waals surface area (Å²) < 4.78 is 0. The Morgan fingerprint density at radius 2 is 1.40 bits per heavy atom. The van der Waals surface area contributed by atoms with Crippen molar-refractivity contribution in [2.75, 3.05) is 5.32 Å². The molecule has 2 N–H and O–H groups in total. The molecule has 2 heterocycles. The number of hydrogen-bond donors (Lipinski definition) is 2. The topological polar surface area (TPSA) is 52.6 Å². The van der Waals surface area contributed by atoms with Crippen molar-refractivity contribution >= 4 is 11.7 Å². The van der Waals surface area contributed by atoms with Crippen LogP contribution in [0.2, 0.25) is 0 Å². The summed E-state index contributed by atoms with van der Waals surface area (Å²) in [6.45, 7) is 0. The van der Waals surface area contributed by atoms with Crippen LogP contribution in [0.4, 0.5) is 10.5 Å². The molecule has 0 aliphatic carbocycles. The van der Waals surface area contributed by atoms with Crippen molar-refractivity contribution in [2.24, 2.45) is 0 Å². The van der Waals surface area contributed by atoms with Crippen LogP contribution in [0.3, 0.4) is 0 Å². The van der Waals surface area contributed by atoms with Gasteiger partial charge in [0.15, 0.2) is 0 Å². The molecule has 2 fully saturated rings. The predicted octanol–water partition coefficient (Wildman–Crippen LogP) is 5.40. The number of nitrogens with zero attached hydrogens (tertiary/aromatic N) is 1. The van der Waals surface area contributed by atoms with E-state index >= 15 is 0 Å². The lowest BCUT2D eigenvalue weighted by Gasteiger charge is -2.44. The van der Waals surface area contributed by atoms with E-state index in [-0.39, 0.29) is 18.1 Å². The summed E-state index contributed by atoms with van der Waals surface area (Å²) in [5, 5.41) is 14.5. The van der Waals surface area contributed by atoms with Gasteiger partial charge in [0.2, 0.25) is 0 Å². The number of fused-ring (bicyclic) bond motifs is 2. The summed E-state index contributed by atoms with van der Waals surface area (Å²) in [6, 6.07) is 27.9. The second-order valence-electron chi connectivity index (χ2n) is 8.44. The molecular weight excluding hydrogens is 372 g/mol. The van der Waals surface area contributed by atoms with E-state index in [1.165, 1.54) is 0 Å². The minimum absolute atomic E-state index is 0.0536. The van der Waals surface area contributed by atoms with Gasteiger partial charge in [0.1, 0.15) is 0 Å². The quantitative estimate of drug-likeness (QED) is 0.621. The van der Waals surface area contributed by atoms with E-state index in [4.69, 9.17) is 0 Å². The third-order valence-corrected chi connectivity index (χ3v) is 6.57. The average molecular weight is 399 g/mol. The van der Waals surface area contributed by atoms with Crippen LogP contribution in [0.1, 0.15) is 31.2 Å². The molecule has 152 valence electrons. The molecule has 5 rings (SSSR count). The van der Waals surface area contributed by atoms with E-state index in [1.54, 1.807) is 0 Å². The molecule has 0 radical (unpaired) electrons. The zero-order valence-electron chi connectivity index (χ0n) is 16.9. The number of para-hydroxylation sites is 1. The molecule has 3 aromatic rings. The normalized spacial score (nSPS) is 25.2. The van der Waals surface area contributed by atoms with Gasteiger partial charge in [-0.2, -0.15) is 0 Å². The molecule has 2 aliphatic rings. The van der Waals surface area contributed by atoms with Crippen LogP contribution in [0.5, 0.6) is 0 Å². The Morgan fingerprint density at radius 1 is 0.833 bits per heavy atom. The fourth-order valence-electron chi connectivity index (χ4n) is 5.18. The van der Waals surface area contributed by atoms with Crippen molar-refractivity contribution in [1.82, 2.24) is 4.90 Å². The Morgan fingerprint density at radius 3 is 2.07 bits per heavy atom. The largest absolute Gasteiger partial charge is 0.385 e. The first-order valence-electron chi connectivity index (χ1n) is 10.7. The highest BCUT2D eigenvalue weighted by Gasteiger charge is 2.50. The maximum atomic E-state index is 13.3. The maximum absolute atomic E-state index is 13.3. The smallest absolute Gasteiger partial charge is 0.322 e. The maximum Gasteiger partial charge on any atom is 0.322 e. The number of anilines is 1. The first-order valence-corrected chi connectivity index (χ1v) is 10.7. The van der Waals surface area contributed by atoms with Gasteiger partial charge in [0, 0.05) is 30.5 Å². The molecule has 0 saturated carbocycles. The summed E-state index contributed by atoms with van der Waals surface area (Å²) in [5.41, 5.74) is 3.00. The minimum Gasteiger partial charge on any atom is -0.385 e. The number of hydrogen-bond acceptors (Lipinski definition) is 2. The molecule has 0 spiro atoms. The standard InChI is InChI=1S/C26H26N2O2/c29-25(27-24-14-8-7-13-23(24)19-9-3-1-4-10-19)28-21-15-16-22(28)18-26(30,17-21)20-11-5-2-6-12-20/h1-14,21-22,30H,15-18H2,(H,27,29). The molecule has 2 saturated heterocycles. The third-order valence-electron chi connectivity index (χ3n) is 6.57. The Labute approximate surface area is 177 Å². The minimum atomic E-state index is -0.855. The fourth-order valence-corrected chi connectivity index (χ4v) is 5.18. The SMILES string of the molecule is O=C(Nc1ccccc1-c1ccccc1)N1C2CCC1CC(O)(c1ccccc1)C2. The van der Waals surface area contributed by atoms with Crippen molar-refractivity contribution in [3.63, 3.8) is 0 Å². The average Bonchev–Trinajstić information content (AvgIpc) is 3.07. The highest BCUT2D eigenvalue weighted by molar-refractivity contribution is 5.95. The van der Waals surface area contributed by atoms with Gasteiger partial charge in [-0.1, -0.05) is 78.9 Å². The monoisotopic (exact) mass is 398 g/mol.